The van der Waals surface area contributed by atoms with Gasteiger partial charge in [0.15, 0.2) is 5.84 Å². The number of nitrogens with zero attached hydrogens (tertiary/aromatic N) is 4. The third-order valence-electron chi connectivity index (χ3n) is 4.22. The van der Waals surface area contributed by atoms with Gasteiger partial charge in [0, 0.05) is 10.6 Å². The van der Waals surface area contributed by atoms with Crippen LogP contribution >= 0.6 is 23.8 Å². The third kappa shape index (κ3) is 5.11. The molecule has 0 aliphatic heterocycles. The van der Waals surface area contributed by atoms with Gasteiger partial charge in [-0.05, 0) is 72.9 Å². The molecule has 154 valence electrons. The van der Waals surface area contributed by atoms with Crippen LogP contribution in [0.2, 0.25) is 5.02 Å². The number of methoxy groups -OCH3 is 1. The molecule has 0 amide bonds. The van der Waals surface area contributed by atoms with Crippen molar-refractivity contribution in [3.05, 3.63) is 88.2 Å². The first-order chi connectivity index (χ1) is 15.1. The molecule has 7 nitrogen and oxygen atoms in total. The second-order valence-electron chi connectivity index (χ2n) is 6.28. The van der Waals surface area contributed by atoms with Crippen LogP contribution in [0.4, 0.5) is 11.4 Å². The zero-order chi connectivity index (χ0) is 21.6. The van der Waals surface area contributed by atoms with Crippen molar-refractivity contribution in [3.63, 3.8) is 0 Å². The fourth-order valence-electron chi connectivity index (χ4n) is 2.73. The molecule has 0 spiro atoms. The van der Waals surface area contributed by atoms with Gasteiger partial charge in [-0.15, -0.1) is 15.3 Å². The Hall–Kier alpha value is -3.62. The first kappa shape index (κ1) is 20.6. The molecule has 0 unspecified atom stereocenters. The largest absolute Gasteiger partial charge is 0.496 e. The van der Waals surface area contributed by atoms with Crippen molar-refractivity contribution >= 4 is 41.0 Å². The van der Waals surface area contributed by atoms with E-state index in [0.29, 0.717) is 39.4 Å². The van der Waals surface area contributed by atoms with Crippen LogP contribution in [0.3, 0.4) is 0 Å². The van der Waals surface area contributed by atoms with Crippen molar-refractivity contribution < 1.29 is 9.15 Å². The highest BCUT2D eigenvalue weighted by atomic mass is 35.5. The summed E-state index contributed by atoms with van der Waals surface area (Å²) in [4.78, 5) is 4.90. The molecule has 0 aliphatic carbocycles. The summed E-state index contributed by atoms with van der Waals surface area (Å²) in [7, 11) is 1.60. The molecule has 31 heavy (non-hydrogen) atoms. The number of ether oxygens (including phenoxy) is 1. The minimum Gasteiger partial charge on any atom is -0.496 e. The van der Waals surface area contributed by atoms with E-state index in [1.165, 1.54) is 0 Å². The summed E-state index contributed by atoms with van der Waals surface area (Å²) >= 11 is 10.9. The number of para-hydroxylation sites is 1. The summed E-state index contributed by atoms with van der Waals surface area (Å²) in [5, 5.41) is 15.9. The lowest BCUT2D eigenvalue weighted by Crippen LogP contribution is -2.00. The van der Waals surface area contributed by atoms with Crippen LogP contribution in [0.25, 0.3) is 11.5 Å². The first-order valence-corrected chi connectivity index (χ1v) is 9.96. The number of nitrogens with one attached hydrogen (secondary N) is 1. The van der Waals surface area contributed by atoms with Gasteiger partial charge in [-0.25, -0.2) is 10.1 Å². The highest BCUT2D eigenvalue weighted by Crippen LogP contribution is 2.25. The van der Waals surface area contributed by atoms with Crippen molar-refractivity contribution in [3.8, 4) is 17.2 Å². The Bertz CT molecular complexity index is 1290. The van der Waals surface area contributed by atoms with Gasteiger partial charge in [-0.2, -0.15) is 0 Å². The Morgan fingerprint density at radius 3 is 2.39 bits per heavy atom. The summed E-state index contributed by atoms with van der Waals surface area (Å²) in [6, 6.07) is 21.9. The van der Waals surface area contributed by atoms with Gasteiger partial charge < -0.3 is 9.15 Å². The Kier molecular flexibility index (Phi) is 6.30. The Morgan fingerprint density at radius 1 is 1.00 bits per heavy atom. The second kappa shape index (κ2) is 9.46. The number of rotatable bonds is 5. The molecule has 1 aromatic heterocycles. The van der Waals surface area contributed by atoms with Gasteiger partial charge in [0.05, 0.1) is 24.0 Å². The maximum absolute atomic E-state index is 5.94. The molecule has 0 saturated heterocycles. The molecule has 0 fully saturated rings. The predicted molar refractivity (Wildman–Crippen MR) is 122 cm³/mol. The predicted octanol–water partition coefficient (Wildman–Crippen LogP) is 6.92. The fourth-order valence-corrected chi connectivity index (χ4v) is 2.98. The molecule has 0 atom stereocenters. The van der Waals surface area contributed by atoms with E-state index >= 15 is 0 Å². The number of halogens is 1. The molecular weight excluding hydrogens is 434 g/mol. The summed E-state index contributed by atoms with van der Waals surface area (Å²) in [6.07, 6.45) is 0. The number of benzene rings is 3. The van der Waals surface area contributed by atoms with E-state index in [1.807, 2.05) is 48.5 Å². The zero-order valence-corrected chi connectivity index (χ0v) is 17.9. The van der Waals surface area contributed by atoms with E-state index in [-0.39, 0.29) is 4.84 Å². The van der Waals surface area contributed by atoms with Crippen molar-refractivity contribution in [1.29, 1.82) is 0 Å². The lowest BCUT2D eigenvalue weighted by molar-refractivity contribution is 0.414. The van der Waals surface area contributed by atoms with Crippen molar-refractivity contribution in [2.24, 2.45) is 15.2 Å². The van der Waals surface area contributed by atoms with Crippen LogP contribution in [0.1, 0.15) is 5.56 Å². The quantitative estimate of drug-likeness (QED) is 0.155. The standard InChI is InChI=1S/C22H16ClN5O2S/c1-29-19-5-3-2-4-18(19)20(26-25-17-12-8-15(23)9-13-17)24-16-10-6-14(7-11-16)21-27-28-22(31)30-21/h2-13H,1H3,(H,28,31). The lowest BCUT2D eigenvalue weighted by atomic mass is 10.1. The van der Waals surface area contributed by atoms with Crippen LogP contribution < -0.4 is 4.74 Å². The van der Waals surface area contributed by atoms with Gasteiger partial charge in [-0.1, -0.05) is 23.7 Å². The van der Waals surface area contributed by atoms with E-state index in [0.717, 1.165) is 5.56 Å². The number of hydrogen-bond acceptors (Lipinski definition) is 6. The van der Waals surface area contributed by atoms with Crippen LogP contribution in [-0.4, -0.2) is 23.1 Å². The smallest absolute Gasteiger partial charge is 0.284 e. The van der Waals surface area contributed by atoms with Crippen LogP contribution in [0.5, 0.6) is 5.75 Å². The normalized spacial score (nSPS) is 11.7. The number of aliphatic imine (C=N–C) groups is 1. The summed E-state index contributed by atoms with van der Waals surface area (Å²) in [5.74, 6) is 1.45. The minimum atomic E-state index is 0.221. The van der Waals surface area contributed by atoms with Crippen molar-refractivity contribution in [1.82, 2.24) is 10.2 Å². The molecule has 0 radical (unpaired) electrons. The maximum atomic E-state index is 5.94. The lowest BCUT2D eigenvalue weighted by Gasteiger charge is -2.07. The highest BCUT2D eigenvalue weighted by molar-refractivity contribution is 7.71. The van der Waals surface area contributed by atoms with Crippen LogP contribution in [0.15, 0.2) is 92.4 Å². The number of amidine groups is 1. The van der Waals surface area contributed by atoms with Crippen molar-refractivity contribution in [2.75, 3.05) is 7.11 Å². The molecule has 4 aromatic rings. The molecule has 0 bridgehead atoms. The Morgan fingerprint density at radius 2 is 1.71 bits per heavy atom. The molecule has 4 rings (SSSR count). The topological polar surface area (TPSA) is 88.1 Å². The number of aromatic amines is 1. The Labute approximate surface area is 188 Å². The third-order valence-corrected chi connectivity index (χ3v) is 4.65. The number of H-pyrrole nitrogens is 1. The van der Waals surface area contributed by atoms with E-state index in [1.54, 1.807) is 31.4 Å². The van der Waals surface area contributed by atoms with Crippen LogP contribution in [-0.2, 0) is 0 Å². The highest BCUT2D eigenvalue weighted by Gasteiger charge is 2.11. The van der Waals surface area contributed by atoms with Gasteiger partial charge in [0.1, 0.15) is 5.75 Å². The van der Waals surface area contributed by atoms with Crippen LogP contribution in [0, 0.1) is 4.84 Å². The monoisotopic (exact) mass is 449 g/mol. The molecule has 9 heteroatoms. The molecule has 1 heterocycles. The van der Waals surface area contributed by atoms with E-state index in [2.05, 4.69) is 25.4 Å². The Balaban J connectivity index is 1.71. The average Bonchev–Trinajstić information content (AvgIpc) is 3.24. The molecule has 1 N–H and O–H groups in total. The van der Waals surface area contributed by atoms with Gasteiger partial charge in [-0.3, -0.25) is 0 Å². The second-order valence-corrected chi connectivity index (χ2v) is 7.08. The first-order valence-electron chi connectivity index (χ1n) is 9.18. The SMILES string of the molecule is COc1ccccc1C(N=Nc1ccc(Cl)cc1)=Nc1ccc(-c2n[nH]c(=S)o2)cc1. The number of aromatic nitrogens is 2. The summed E-state index contributed by atoms with van der Waals surface area (Å²) in [6.45, 7) is 0. The maximum Gasteiger partial charge on any atom is 0.284 e. The van der Waals surface area contributed by atoms with Crippen molar-refractivity contribution in [2.45, 2.75) is 0 Å². The number of azo groups is 1. The zero-order valence-electron chi connectivity index (χ0n) is 16.3. The minimum absolute atomic E-state index is 0.221. The number of hydrogen-bond donors (Lipinski definition) is 1. The van der Waals surface area contributed by atoms with Gasteiger partial charge >= 0.3 is 0 Å². The van der Waals surface area contributed by atoms with E-state index in [9.17, 15) is 0 Å². The molecule has 0 aliphatic rings. The fraction of sp³-hybridized carbons (Fsp3) is 0.0455. The molecule has 0 saturated carbocycles. The average molecular weight is 450 g/mol. The molecule has 3 aromatic carbocycles. The summed E-state index contributed by atoms with van der Waals surface area (Å²) in [5.41, 5.74) is 2.81. The summed E-state index contributed by atoms with van der Waals surface area (Å²) < 4.78 is 10.8. The van der Waals surface area contributed by atoms with Gasteiger partial charge in [0.2, 0.25) is 5.89 Å². The molecular formula is C22H16ClN5O2S. The van der Waals surface area contributed by atoms with E-state index in [4.69, 9.17) is 33.0 Å². The van der Waals surface area contributed by atoms with Gasteiger partial charge in [0.25, 0.3) is 4.84 Å². The van der Waals surface area contributed by atoms with E-state index < -0.39 is 0 Å².